The fraction of sp³-hybridized carbons (Fsp3) is 0.600. The van der Waals surface area contributed by atoms with Crippen LogP contribution in [0.3, 0.4) is 0 Å². The van der Waals surface area contributed by atoms with Gasteiger partial charge in [-0.05, 0) is 27.7 Å². The number of nitrogens with two attached hydrogens (primary N) is 1. The Kier molecular flexibility index (Phi) is 3.85. The summed E-state index contributed by atoms with van der Waals surface area (Å²) in [4.78, 5) is 10.6. The largest absolute Gasteiger partial charge is 0.354 e. The molecule has 0 bridgehead atoms. The predicted molar refractivity (Wildman–Crippen MR) is 62.7 cm³/mol. The van der Waals surface area contributed by atoms with E-state index in [1.54, 1.807) is 6.20 Å². The van der Waals surface area contributed by atoms with Crippen molar-refractivity contribution in [3.05, 3.63) is 11.8 Å². The molecule has 15 heavy (non-hydrogen) atoms. The van der Waals surface area contributed by atoms with Crippen LogP contribution in [0.5, 0.6) is 0 Å². The molecule has 1 aromatic heterocycles. The molecule has 1 aromatic rings. The van der Waals surface area contributed by atoms with Crippen LogP contribution in [0.1, 0.15) is 26.3 Å². The summed E-state index contributed by atoms with van der Waals surface area (Å²) in [5.74, 6) is 6.69. The number of nitrogen functional groups attached to an aromatic ring is 1. The van der Waals surface area contributed by atoms with Gasteiger partial charge in [0.15, 0.2) is 0 Å². The zero-order chi connectivity index (χ0) is 11.4. The summed E-state index contributed by atoms with van der Waals surface area (Å²) in [6.45, 7) is 9.30. The topological polar surface area (TPSA) is 67.1 Å². The second kappa shape index (κ2) is 4.93. The predicted octanol–water partition coefficient (Wildman–Crippen LogP) is 1.31. The fourth-order valence-corrected chi connectivity index (χ4v) is 1.55. The Hall–Kier alpha value is -1.36. The van der Waals surface area contributed by atoms with E-state index in [1.807, 2.05) is 6.92 Å². The van der Waals surface area contributed by atoms with Gasteiger partial charge >= 0.3 is 0 Å². The Morgan fingerprint density at radius 3 is 2.67 bits per heavy atom. The standard InChI is InChI=1S/C10H19N5/c1-5-15(7(2)3)9-8(4)6-12-10(13-9)14-11/h6-7H,5,11H2,1-4H3,(H,12,13,14). The lowest BCUT2D eigenvalue weighted by molar-refractivity contribution is 0.689. The maximum absolute atomic E-state index is 5.29. The lowest BCUT2D eigenvalue weighted by atomic mass is 10.2. The van der Waals surface area contributed by atoms with E-state index >= 15 is 0 Å². The summed E-state index contributed by atoms with van der Waals surface area (Å²) in [7, 11) is 0. The van der Waals surface area contributed by atoms with Gasteiger partial charge in [-0.15, -0.1) is 0 Å². The maximum Gasteiger partial charge on any atom is 0.239 e. The number of aromatic nitrogens is 2. The number of aryl methyl sites for hydroxylation is 1. The summed E-state index contributed by atoms with van der Waals surface area (Å²) in [5.41, 5.74) is 3.52. The van der Waals surface area contributed by atoms with E-state index in [1.165, 1.54) is 0 Å². The molecule has 84 valence electrons. The molecule has 0 saturated heterocycles. The Morgan fingerprint density at radius 1 is 1.53 bits per heavy atom. The van der Waals surface area contributed by atoms with Crippen LogP contribution in [-0.4, -0.2) is 22.6 Å². The zero-order valence-electron chi connectivity index (χ0n) is 9.78. The van der Waals surface area contributed by atoms with Gasteiger partial charge in [0, 0.05) is 24.3 Å². The first kappa shape index (κ1) is 11.7. The Morgan fingerprint density at radius 2 is 2.20 bits per heavy atom. The highest BCUT2D eigenvalue weighted by Gasteiger charge is 2.13. The first-order valence-electron chi connectivity index (χ1n) is 5.17. The van der Waals surface area contributed by atoms with E-state index in [-0.39, 0.29) is 0 Å². The molecule has 0 aliphatic heterocycles. The van der Waals surface area contributed by atoms with Crippen molar-refractivity contribution in [2.24, 2.45) is 5.84 Å². The number of nitrogens with zero attached hydrogens (tertiary/aromatic N) is 3. The summed E-state index contributed by atoms with van der Waals surface area (Å²) in [6, 6.07) is 0.411. The normalized spacial score (nSPS) is 10.5. The van der Waals surface area contributed by atoms with E-state index < -0.39 is 0 Å². The smallest absolute Gasteiger partial charge is 0.239 e. The Bertz CT molecular complexity index is 324. The summed E-state index contributed by atoms with van der Waals surface area (Å²) < 4.78 is 0. The fourth-order valence-electron chi connectivity index (χ4n) is 1.55. The van der Waals surface area contributed by atoms with Crippen molar-refractivity contribution >= 4 is 11.8 Å². The van der Waals surface area contributed by atoms with Crippen molar-refractivity contribution < 1.29 is 0 Å². The van der Waals surface area contributed by atoms with Gasteiger partial charge in [0.05, 0.1) is 0 Å². The van der Waals surface area contributed by atoms with Gasteiger partial charge in [-0.25, -0.2) is 10.8 Å². The van der Waals surface area contributed by atoms with Crippen molar-refractivity contribution in [3.8, 4) is 0 Å². The quantitative estimate of drug-likeness (QED) is 0.578. The van der Waals surface area contributed by atoms with E-state index in [0.29, 0.717) is 12.0 Å². The van der Waals surface area contributed by atoms with Crippen LogP contribution in [0.4, 0.5) is 11.8 Å². The number of anilines is 2. The van der Waals surface area contributed by atoms with E-state index in [0.717, 1.165) is 17.9 Å². The first-order chi connectivity index (χ1) is 7.10. The van der Waals surface area contributed by atoms with Crippen molar-refractivity contribution in [2.45, 2.75) is 33.7 Å². The van der Waals surface area contributed by atoms with Crippen LogP contribution in [0.2, 0.25) is 0 Å². The highest BCUT2D eigenvalue weighted by molar-refractivity contribution is 5.49. The monoisotopic (exact) mass is 209 g/mol. The minimum absolute atomic E-state index is 0.411. The average Bonchev–Trinajstić information content (AvgIpc) is 2.21. The van der Waals surface area contributed by atoms with Crippen LogP contribution < -0.4 is 16.2 Å². The third-order valence-corrected chi connectivity index (χ3v) is 2.31. The summed E-state index contributed by atoms with van der Waals surface area (Å²) in [6.07, 6.45) is 1.78. The maximum atomic E-state index is 5.29. The number of hydrazine groups is 1. The molecule has 0 unspecified atom stereocenters. The molecule has 5 heteroatoms. The first-order valence-corrected chi connectivity index (χ1v) is 5.17. The average molecular weight is 209 g/mol. The molecular weight excluding hydrogens is 190 g/mol. The summed E-state index contributed by atoms with van der Waals surface area (Å²) in [5, 5.41) is 0. The van der Waals surface area contributed by atoms with Crippen LogP contribution in [0, 0.1) is 6.92 Å². The molecule has 0 aliphatic carbocycles. The zero-order valence-corrected chi connectivity index (χ0v) is 9.78. The number of hydrogen-bond acceptors (Lipinski definition) is 5. The molecule has 0 saturated carbocycles. The van der Waals surface area contributed by atoms with Gasteiger partial charge in [0.25, 0.3) is 0 Å². The van der Waals surface area contributed by atoms with Crippen LogP contribution in [0.25, 0.3) is 0 Å². The number of nitrogens with one attached hydrogen (secondary N) is 1. The molecule has 5 nitrogen and oxygen atoms in total. The van der Waals surface area contributed by atoms with E-state index in [9.17, 15) is 0 Å². The second-order valence-corrected chi connectivity index (χ2v) is 3.72. The molecule has 0 aromatic carbocycles. The van der Waals surface area contributed by atoms with Gasteiger partial charge < -0.3 is 4.90 Å². The molecule has 3 N–H and O–H groups in total. The van der Waals surface area contributed by atoms with E-state index in [2.05, 4.69) is 41.1 Å². The Labute approximate surface area is 90.7 Å². The highest BCUT2D eigenvalue weighted by Crippen LogP contribution is 2.19. The molecule has 0 aliphatic rings. The Balaban J connectivity index is 3.09. The van der Waals surface area contributed by atoms with Crippen LogP contribution in [0.15, 0.2) is 6.20 Å². The minimum atomic E-state index is 0.411. The summed E-state index contributed by atoms with van der Waals surface area (Å²) >= 11 is 0. The van der Waals surface area contributed by atoms with Gasteiger partial charge in [-0.2, -0.15) is 4.98 Å². The van der Waals surface area contributed by atoms with E-state index in [4.69, 9.17) is 5.84 Å². The molecule has 0 amide bonds. The molecule has 0 fully saturated rings. The third kappa shape index (κ3) is 2.56. The lowest BCUT2D eigenvalue weighted by Gasteiger charge is -2.27. The number of hydrogen-bond donors (Lipinski definition) is 2. The van der Waals surface area contributed by atoms with Gasteiger partial charge in [-0.1, -0.05) is 0 Å². The number of rotatable bonds is 4. The molecule has 1 heterocycles. The second-order valence-electron chi connectivity index (χ2n) is 3.72. The van der Waals surface area contributed by atoms with Crippen molar-refractivity contribution in [1.29, 1.82) is 0 Å². The van der Waals surface area contributed by atoms with Crippen LogP contribution in [-0.2, 0) is 0 Å². The lowest BCUT2D eigenvalue weighted by Crippen LogP contribution is -2.32. The third-order valence-electron chi connectivity index (χ3n) is 2.31. The van der Waals surface area contributed by atoms with Crippen LogP contribution >= 0.6 is 0 Å². The van der Waals surface area contributed by atoms with Crippen molar-refractivity contribution in [2.75, 3.05) is 16.9 Å². The molecule has 0 atom stereocenters. The molecule has 0 spiro atoms. The van der Waals surface area contributed by atoms with Crippen molar-refractivity contribution in [3.63, 3.8) is 0 Å². The van der Waals surface area contributed by atoms with Gasteiger partial charge in [0.1, 0.15) is 5.82 Å². The SMILES string of the molecule is CCN(c1nc(NN)ncc1C)C(C)C. The van der Waals surface area contributed by atoms with Gasteiger partial charge in [-0.3, -0.25) is 5.43 Å². The highest BCUT2D eigenvalue weighted by atomic mass is 15.3. The minimum Gasteiger partial charge on any atom is -0.354 e. The van der Waals surface area contributed by atoms with Crippen molar-refractivity contribution in [1.82, 2.24) is 9.97 Å². The molecular formula is C10H19N5. The molecule has 1 rings (SSSR count). The van der Waals surface area contributed by atoms with Gasteiger partial charge in [0.2, 0.25) is 5.95 Å². The molecule has 0 radical (unpaired) electrons.